The number of methoxy groups -OCH3 is 1. The lowest BCUT2D eigenvalue weighted by molar-refractivity contribution is 0.414. The molecule has 0 aliphatic carbocycles. The number of benzene rings is 2. The molecule has 126 valence electrons. The quantitative estimate of drug-likeness (QED) is 0.676. The van der Waals surface area contributed by atoms with Crippen LogP contribution in [0.25, 0.3) is 11.8 Å². The molecule has 1 aromatic heterocycles. The molecule has 2 heterocycles. The minimum atomic E-state index is 0.703. The summed E-state index contributed by atoms with van der Waals surface area (Å²) in [5, 5.41) is 5.46. The van der Waals surface area contributed by atoms with Gasteiger partial charge in [-0.1, -0.05) is 23.7 Å². The number of hydrogen-bond acceptors (Lipinski definition) is 3. The van der Waals surface area contributed by atoms with Crippen molar-refractivity contribution in [2.75, 3.05) is 12.0 Å². The van der Waals surface area contributed by atoms with Gasteiger partial charge in [0.1, 0.15) is 5.75 Å². The third-order valence-corrected chi connectivity index (χ3v) is 4.58. The Bertz CT molecular complexity index is 961. The average Bonchev–Trinajstić information content (AvgIpc) is 3.02. The second-order valence-corrected chi connectivity index (χ2v) is 6.48. The third-order valence-electron chi connectivity index (χ3n) is 4.35. The highest BCUT2D eigenvalue weighted by Crippen LogP contribution is 2.28. The fourth-order valence-electron chi connectivity index (χ4n) is 3.03. The maximum atomic E-state index is 6.11. The fraction of sp³-hybridized carbons (Fsp3) is 0.150. The molecule has 25 heavy (non-hydrogen) atoms. The van der Waals surface area contributed by atoms with E-state index < -0.39 is 0 Å². The van der Waals surface area contributed by atoms with Crippen molar-refractivity contribution in [3.8, 4) is 11.4 Å². The average molecular weight is 352 g/mol. The zero-order valence-corrected chi connectivity index (χ0v) is 14.9. The van der Waals surface area contributed by atoms with Gasteiger partial charge in [-0.3, -0.25) is 0 Å². The monoisotopic (exact) mass is 351 g/mol. The van der Waals surface area contributed by atoms with Crippen molar-refractivity contribution in [2.24, 2.45) is 0 Å². The summed E-state index contributed by atoms with van der Waals surface area (Å²) in [5.41, 5.74) is 4.45. The summed E-state index contributed by atoms with van der Waals surface area (Å²) in [5.74, 6) is 1.79. The molecule has 0 fully saturated rings. The van der Waals surface area contributed by atoms with Crippen LogP contribution in [0.2, 0.25) is 5.02 Å². The van der Waals surface area contributed by atoms with E-state index >= 15 is 0 Å². The number of fused-ring (bicyclic) bond motifs is 1. The van der Waals surface area contributed by atoms with Gasteiger partial charge < -0.3 is 9.64 Å². The lowest BCUT2D eigenvalue weighted by Crippen LogP contribution is -2.19. The first kappa shape index (κ1) is 15.8. The molecule has 1 aliphatic rings. The molecule has 0 saturated heterocycles. The van der Waals surface area contributed by atoms with E-state index in [9.17, 15) is 0 Å². The molecule has 3 aromatic rings. The fourth-order valence-corrected chi connectivity index (χ4v) is 3.22. The lowest BCUT2D eigenvalue weighted by Gasteiger charge is -2.23. The van der Waals surface area contributed by atoms with E-state index in [-0.39, 0.29) is 0 Å². The van der Waals surface area contributed by atoms with Crippen LogP contribution >= 0.6 is 11.6 Å². The van der Waals surface area contributed by atoms with Crippen LogP contribution in [0.1, 0.15) is 16.8 Å². The van der Waals surface area contributed by atoms with E-state index in [4.69, 9.17) is 21.4 Å². The van der Waals surface area contributed by atoms with Crippen LogP contribution in [0, 0.1) is 6.92 Å². The molecule has 5 heteroatoms. The van der Waals surface area contributed by atoms with Crippen LogP contribution in [-0.4, -0.2) is 16.9 Å². The van der Waals surface area contributed by atoms with Gasteiger partial charge in [-0.05, 0) is 54.5 Å². The normalized spacial score (nSPS) is 13.0. The summed E-state index contributed by atoms with van der Waals surface area (Å²) in [6, 6.07) is 15.9. The Morgan fingerprint density at radius 3 is 2.80 bits per heavy atom. The number of nitrogens with zero attached hydrogens (tertiary/aromatic N) is 3. The Morgan fingerprint density at radius 1 is 1.12 bits per heavy atom. The second-order valence-electron chi connectivity index (χ2n) is 6.04. The van der Waals surface area contributed by atoms with E-state index in [0.717, 1.165) is 29.5 Å². The lowest BCUT2D eigenvalue weighted by atomic mass is 10.0. The molecule has 0 spiro atoms. The van der Waals surface area contributed by atoms with Crippen molar-refractivity contribution in [2.45, 2.75) is 13.5 Å². The van der Waals surface area contributed by atoms with Gasteiger partial charge in [0.25, 0.3) is 0 Å². The topological polar surface area (TPSA) is 30.3 Å². The summed E-state index contributed by atoms with van der Waals surface area (Å²) in [4.78, 5) is 2.14. The van der Waals surface area contributed by atoms with E-state index in [2.05, 4.69) is 35.4 Å². The van der Waals surface area contributed by atoms with Crippen LogP contribution in [0.4, 0.5) is 5.82 Å². The number of anilines is 1. The molecule has 0 atom stereocenters. The highest BCUT2D eigenvalue weighted by atomic mass is 35.5. The molecule has 2 aromatic carbocycles. The zero-order valence-electron chi connectivity index (χ0n) is 14.1. The first-order valence-corrected chi connectivity index (χ1v) is 8.46. The second kappa shape index (κ2) is 6.30. The first-order valence-electron chi connectivity index (χ1n) is 8.08. The van der Waals surface area contributed by atoms with Gasteiger partial charge in [0.2, 0.25) is 0 Å². The molecular formula is C20H18ClN3O. The maximum absolute atomic E-state index is 6.11. The largest absolute Gasteiger partial charge is 0.497 e. The van der Waals surface area contributed by atoms with E-state index in [1.807, 2.05) is 41.9 Å². The SMILES string of the molecule is COc1ccc2c(c1)C=CN(c1cc(C)n(-c3cccc(Cl)c3)n1)C2. The van der Waals surface area contributed by atoms with Crippen LogP contribution in [-0.2, 0) is 6.54 Å². The number of aryl methyl sites for hydroxylation is 1. The van der Waals surface area contributed by atoms with E-state index in [1.165, 1.54) is 11.1 Å². The Hall–Kier alpha value is -2.72. The molecule has 0 amide bonds. The molecule has 0 saturated carbocycles. The van der Waals surface area contributed by atoms with Crippen LogP contribution in [0.15, 0.2) is 54.7 Å². The van der Waals surface area contributed by atoms with Crippen molar-refractivity contribution < 1.29 is 4.74 Å². The summed E-state index contributed by atoms with van der Waals surface area (Å²) in [6.07, 6.45) is 4.15. The number of halogens is 1. The standard InChI is InChI=1S/C20H18ClN3O/c1-14-10-20(22-24(14)18-5-3-4-17(21)12-18)23-9-8-15-11-19(25-2)7-6-16(15)13-23/h3-12H,13H2,1-2H3. The molecule has 0 unspecified atom stereocenters. The molecular weight excluding hydrogens is 334 g/mol. The highest BCUT2D eigenvalue weighted by molar-refractivity contribution is 6.30. The van der Waals surface area contributed by atoms with Gasteiger partial charge in [-0.15, -0.1) is 5.10 Å². The summed E-state index contributed by atoms with van der Waals surface area (Å²) in [6.45, 7) is 2.83. The highest BCUT2D eigenvalue weighted by Gasteiger charge is 2.16. The number of ether oxygens (including phenoxy) is 1. The summed E-state index contributed by atoms with van der Waals surface area (Å²) < 4.78 is 7.21. The molecule has 0 N–H and O–H groups in total. The summed E-state index contributed by atoms with van der Waals surface area (Å²) >= 11 is 6.11. The zero-order chi connectivity index (χ0) is 17.4. The Balaban J connectivity index is 1.65. The minimum Gasteiger partial charge on any atom is -0.497 e. The van der Waals surface area contributed by atoms with Crippen molar-refractivity contribution >= 4 is 23.5 Å². The van der Waals surface area contributed by atoms with Crippen LogP contribution in [0.5, 0.6) is 5.75 Å². The molecule has 4 nitrogen and oxygen atoms in total. The Kier molecular flexibility index (Phi) is 3.98. The van der Waals surface area contributed by atoms with Gasteiger partial charge in [0.05, 0.1) is 12.8 Å². The van der Waals surface area contributed by atoms with Crippen molar-refractivity contribution in [3.05, 3.63) is 76.6 Å². The van der Waals surface area contributed by atoms with Gasteiger partial charge in [-0.2, -0.15) is 0 Å². The third kappa shape index (κ3) is 3.01. The van der Waals surface area contributed by atoms with Crippen molar-refractivity contribution in [1.82, 2.24) is 9.78 Å². The molecule has 0 radical (unpaired) electrons. The number of hydrogen-bond donors (Lipinski definition) is 0. The van der Waals surface area contributed by atoms with Crippen LogP contribution in [0.3, 0.4) is 0 Å². The minimum absolute atomic E-state index is 0.703. The maximum Gasteiger partial charge on any atom is 0.155 e. The van der Waals surface area contributed by atoms with Crippen LogP contribution < -0.4 is 9.64 Å². The predicted octanol–water partition coefficient (Wildman–Crippen LogP) is 4.83. The van der Waals surface area contributed by atoms with E-state index in [0.29, 0.717) is 5.02 Å². The van der Waals surface area contributed by atoms with Gasteiger partial charge >= 0.3 is 0 Å². The van der Waals surface area contributed by atoms with Crippen molar-refractivity contribution in [3.63, 3.8) is 0 Å². The number of aromatic nitrogens is 2. The Morgan fingerprint density at radius 2 is 2.00 bits per heavy atom. The Labute approximate surface area is 151 Å². The summed E-state index contributed by atoms with van der Waals surface area (Å²) in [7, 11) is 1.69. The van der Waals surface area contributed by atoms with E-state index in [1.54, 1.807) is 7.11 Å². The first-order chi connectivity index (χ1) is 12.1. The van der Waals surface area contributed by atoms with Gasteiger partial charge in [-0.25, -0.2) is 4.68 Å². The molecule has 4 rings (SSSR count). The smallest absolute Gasteiger partial charge is 0.155 e. The van der Waals surface area contributed by atoms with Gasteiger partial charge in [0, 0.05) is 29.5 Å². The predicted molar refractivity (Wildman–Crippen MR) is 102 cm³/mol. The van der Waals surface area contributed by atoms with Gasteiger partial charge in [0.15, 0.2) is 5.82 Å². The van der Waals surface area contributed by atoms with Crippen molar-refractivity contribution in [1.29, 1.82) is 0 Å². The number of rotatable bonds is 3. The molecule has 1 aliphatic heterocycles. The molecule has 0 bridgehead atoms.